The van der Waals surface area contributed by atoms with Crippen LogP contribution < -0.4 is 0 Å². The lowest BCUT2D eigenvalue weighted by molar-refractivity contribution is -0.148. The van der Waals surface area contributed by atoms with E-state index in [1.165, 1.54) is 42.5 Å². The number of hydrogen-bond acceptors (Lipinski definition) is 4. The first-order valence-corrected chi connectivity index (χ1v) is 9.88. The molecular formula is C18H17ClFNO4S. The van der Waals surface area contributed by atoms with Crippen molar-refractivity contribution in [2.45, 2.75) is 30.4 Å². The maximum Gasteiger partial charge on any atom is 0.324 e. The second-order valence-electron chi connectivity index (χ2n) is 5.97. The fraction of sp³-hybridized carbons (Fsp3) is 0.278. The lowest BCUT2D eigenvalue weighted by atomic mass is 10.2. The third kappa shape index (κ3) is 4.06. The van der Waals surface area contributed by atoms with Gasteiger partial charge in [0.25, 0.3) is 0 Å². The molecule has 1 aliphatic rings. The Bertz CT molecular complexity index is 902. The summed E-state index contributed by atoms with van der Waals surface area (Å²) >= 11 is 5.80. The van der Waals surface area contributed by atoms with Gasteiger partial charge in [-0.2, -0.15) is 4.31 Å². The van der Waals surface area contributed by atoms with E-state index in [2.05, 4.69) is 0 Å². The van der Waals surface area contributed by atoms with Crippen molar-refractivity contribution in [2.75, 3.05) is 6.54 Å². The average molecular weight is 398 g/mol. The molecular weight excluding hydrogens is 381 g/mol. The molecule has 0 unspecified atom stereocenters. The predicted octanol–water partition coefficient (Wildman–Crippen LogP) is 3.38. The molecule has 26 heavy (non-hydrogen) atoms. The van der Waals surface area contributed by atoms with Crippen molar-refractivity contribution in [1.29, 1.82) is 0 Å². The Morgan fingerprint density at radius 2 is 1.96 bits per heavy atom. The average Bonchev–Trinajstić information content (AvgIpc) is 3.11. The van der Waals surface area contributed by atoms with E-state index < -0.39 is 27.9 Å². The second kappa shape index (κ2) is 7.73. The van der Waals surface area contributed by atoms with Gasteiger partial charge >= 0.3 is 5.97 Å². The summed E-state index contributed by atoms with van der Waals surface area (Å²) in [7, 11) is -3.83. The summed E-state index contributed by atoms with van der Waals surface area (Å²) in [6.45, 7) is 0.132. The first kappa shape index (κ1) is 18.8. The third-order valence-electron chi connectivity index (χ3n) is 4.17. The van der Waals surface area contributed by atoms with Crippen LogP contribution in [0.4, 0.5) is 4.39 Å². The van der Waals surface area contributed by atoms with E-state index in [9.17, 15) is 17.6 Å². The quantitative estimate of drug-likeness (QED) is 0.725. The van der Waals surface area contributed by atoms with Crippen LogP contribution in [0.2, 0.25) is 5.02 Å². The van der Waals surface area contributed by atoms with Crippen molar-refractivity contribution in [3.63, 3.8) is 0 Å². The molecule has 1 saturated heterocycles. The van der Waals surface area contributed by atoms with E-state index in [0.29, 0.717) is 23.4 Å². The van der Waals surface area contributed by atoms with Gasteiger partial charge in [-0.15, -0.1) is 0 Å². The highest BCUT2D eigenvalue weighted by Crippen LogP contribution is 2.27. The van der Waals surface area contributed by atoms with Crippen LogP contribution in [0.3, 0.4) is 0 Å². The Morgan fingerprint density at radius 1 is 1.23 bits per heavy atom. The fourth-order valence-corrected chi connectivity index (χ4v) is 4.66. The van der Waals surface area contributed by atoms with E-state index in [4.69, 9.17) is 16.3 Å². The molecule has 0 N–H and O–H groups in total. The van der Waals surface area contributed by atoms with Crippen molar-refractivity contribution >= 4 is 27.6 Å². The zero-order chi connectivity index (χ0) is 18.7. The number of halogens is 2. The van der Waals surface area contributed by atoms with Crippen LogP contribution in [0.5, 0.6) is 0 Å². The molecule has 1 atom stereocenters. The highest BCUT2D eigenvalue weighted by molar-refractivity contribution is 7.89. The van der Waals surface area contributed by atoms with Gasteiger partial charge in [-0.05, 0) is 54.8 Å². The minimum absolute atomic E-state index is 0.0757. The summed E-state index contributed by atoms with van der Waals surface area (Å²) in [5.74, 6) is -1.06. The first-order valence-electron chi connectivity index (χ1n) is 8.06. The lowest BCUT2D eigenvalue weighted by Crippen LogP contribution is -2.41. The van der Waals surface area contributed by atoms with Gasteiger partial charge in [0.15, 0.2) is 0 Å². The molecule has 8 heteroatoms. The molecule has 2 aromatic carbocycles. The number of rotatable bonds is 5. The lowest BCUT2D eigenvalue weighted by Gasteiger charge is -2.22. The minimum atomic E-state index is -3.83. The van der Waals surface area contributed by atoms with Gasteiger partial charge in [-0.25, -0.2) is 12.8 Å². The van der Waals surface area contributed by atoms with Crippen LogP contribution in [0.15, 0.2) is 53.4 Å². The Balaban J connectivity index is 1.72. The van der Waals surface area contributed by atoms with Crippen LogP contribution in [-0.4, -0.2) is 31.3 Å². The normalized spacial score (nSPS) is 18.0. The predicted molar refractivity (Wildman–Crippen MR) is 94.6 cm³/mol. The maximum absolute atomic E-state index is 13.2. The van der Waals surface area contributed by atoms with Gasteiger partial charge < -0.3 is 4.74 Å². The van der Waals surface area contributed by atoms with Gasteiger partial charge in [0.05, 0.1) is 4.90 Å². The van der Waals surface area contributed by atoms with Crippen molar-refractivity contribution in [2.24, 2.45) is 0 Å². The molecule has 1 heterocycles. The summed E-state index contributed by atoms with van der Waals surface area (Å²) in [6.07, 6.45) is 0.946. The molecule has 5 nitrogen and oxygen atoms in total. The Kier molecular flexibility index (Phi) is 5.60. The summed E-state index contributed by atoms with van der Waals surface area (Å²) < 4.78 is 45.2. The van der Waals surface area contributed by atoms with E-state index in [-0.39, 0.29) is 18.0 Å². The summed E-state index contributed by atoms with van der Waals surface area (Å²) in [4.78, 5) is 12.5. The molecule has 138 valence electrons. The molecule has 1 fully saturated rings. The van der Waals surface area contributed by atoms with Gasteiger partial charge in [0.2, 0.25) is 10.0 Å². The van der Waals surface area contributed by atoms with Gasteiger partial charge in [0.1, 0.15) is 18.5 Å². The second-order valence-corrected chi connectivity index (χ2v) is 8.29. The molecule has 2 aromatic rings. The number of benzene rings is 2. The molecule has 0 amide bonds. The van der Waals surface area contributed by atoms with Crippen molar-refractivity contribution in [3.05, 3.63) is 64.9 Å². The van der Waals surface area contributed by atoms with Crippen molar-refractivity contribution < 1.29 is 22.3 Å². The number of sulfonamides is 1. The summed E-state index contributed by atoms with van der Waals surface area (Å²) in [5.41, 5.74) is 0.503. The maximum atomic E-state index is 13.2. The SMILES string of the molecule is O=C(OCc1cccc(F)c1)[C@@H]1CCCN1S(=O)(=O)c1ccc(Cl)cc1. The molecule has 0 spiro atoms. The zero-order valence-electron chi connectivity index (χ0n) is 13.8. The fourth-order valence-electron chi connectivity index (χ4n) is 2.88. The molecule has 1 aliphatic heterocycles. The first-order chi connectivity index (χ1) is 12.4. The van der Waals surface area contributed by atoms with Gasteiger partial charge in [-0.3, -0.25) is 4.79 Å². The monoisotopic (exact) mass is 397 g/mol. The van der Waals surface area contributed by atoms with E-state index in [0.717, 1.165) is 4.31 Å². The van der Waals surface area contributed by atoms with E-state index in [1.807, 2.05) is 0 Å². The van der Waals surface area contributed by atoms with Gasteiger partial charge in [0, 0.05) is 11.6 Å². The van der Waals surface area contributed by atoms with Crippen molar-refractivity contribution in [3.8, 4) is 0 Å². The molecule has 0 saturated carbocycles. The third-order valence-corrected chi connectivity index (χ3v) is 6.34. The molecule has 0 bridgehead atoms. The Morgan fingerprint density at radius 3 is 2.65 bits per heavy atom. The van der Waals surface area contributed by atoms with Crippen LogP contribution in [0.1, 0.15) is 18.4 Å². The van der Waals surface area contributed by atoms with E-state index >= 15 is 0 Å². The number of hydrogen-bond donors (Lipinski definition) is 0. The number of ether oxygens (including phenoxy) is 1. The minimum Gasteiger partial charge on any atom is -0.460 e. The van der Waals surface area contributed by atoms with E-state index in [1.54, 1.807) is 6.07 Å². The smallest absolute Gasteiger partial charge is 0.324 e. The molecule has 0 radical (unpaired) electrons. The van der Waals surface area contributed by atoms with Gasteiger partial charge in [-0.1, -0.05) is 23.7 Å². The summed E-state index contributed by atoms with van der Waals surface area (Å²) in [6, 6.07) is 10.6. The number of carbonyl (C=O) groups is 1. The van der Waals surface area contributed by atoms with Crippen LogP contribution >= 0.6 is 11.6 Å². The highest BCUT2D eigenvalue weighted by Gasteiger charge is 2.40. The Hall–Kier alpha value is -1.96. The molecule has 3 rings (SSSR count). The highest BCUT2D eigenvalue weighted by atomic mass is 35.5. The Labute approximate surface area is 156 Å². The number of esters is 1. The van der Waals surface area contributed by atoms with Crippen LogP contribution in [0.25, 0.3) is 0 Å². The zero-order valence-corrected chi connectivity index (χ0v) is 15.3. The standard InChI is InChI=1S/C18H17ClFNO4S/c19-14-6-8-16(9-7-14)26(23,24)21-10-2-5-17(21)18(22)25-12-13-3-1-4-15(20)11-13/h1,3-4,6-9,11,17H,2,5,10,12H2/t17-/m0/s1. The molecule has 0 aliphatic carbocycles. The largest absolute Gasteiger partial charge is 0.460 e. The van der Waals surface area contributed by atoms with Crippen LogP contribution in [0, 0.1) is 5.82 Å². The topological polar surface area (TPSA) is 63.7 Å². The van der Waals surface area contributed by atoms with Crippen molar-refractivity contribution in [1.82, 2.24) is 4.31 Å². The van der Waals surface area contributed by atoms with Crippen LogP contribution in [-0.2, 0) is 26.2 Å². The number of nitrogens with zero attached hydrogens (tertiary/aromatic N) is 1. The molecule has 0 aromatic heterocycles. The summed E-state index contributed by atoms with van der Waals surface area (Å²) in [5, 5.41) is 0.427. The number of carbonyl (C=O) groups excluding carboxylic acids is 1.